The maximum absolute atomic E-state index is 12.8. The molecule has 1 fully saturated rings. The van der Waals surface area contributed by atoms with Crippen LogP contribution in [0.3, 0.4) is 0 Å². The van der Waals surface area contributed by atoms with Gasteiger partial charge in [0.15, 0.2) is 0 Å². The topological polar surface area (TPSA) is 71.5 Å². The summed E-state index contributed by atoms with van der Waals surface area (Å²) in [6.07, 6.45) is 1.04. The molecule has 2 N–H and O–H groups in total. The van der Waals surface area contributed by atoms with Crippen LogP contribution in [-0.2, 0) is 4.74 Å². The molecule has 2 atom stereocenters. The Kier molecular flexibility index (Phi) is 5.00. The van der Waals surface area contributed by atoms with Crippen LogP contribution in [0.1, 0.15) is 46.1 Å². The minimum Gasteiger partial charge on any atom is -0.387 e. The summed E-state index contributed by atoms with van der Waals surface area (Å²) in [4.78, 5) is 16.4. The first-order valence-corrected chi connectivity index (χ1v) is 8.30. The third kappa shape index (κ3) is 3.93. The predicted octanol–water partition coefficient (Wildman–Crippen LogP) is 2.60. The van der Waals surface area contributed by atoms with Crippen molar-refractivity contribution in [3.63, 3.8) is 0 Å². The molecular weight excluding hydrogens is 319 g/mol. The highest BCUT2D eigenvalue weighted by Crippen LogP contribution is 2.30. The summed E-state index contributed by atoms with van der Waals surface area (Å²) in [5, 5.41) is 15.1. The van der Waals surface area contributed by atoms with Gasteiger partial charge in [0.05, 0.1) is 6.10 Å². The Morgan fingerprint density at radius 1 is 1.48 bits per heavy atom. The Morgan fingerprint density at radius 2 is 2.26 bits per heavy atom. The molecule has 2 aromatic rings. The molecule has 1 aromatic heterocycles. The second-order valence-electron chi connectivity index (χ2n) is 5.35. The molecule has 122 valence electrons. The number of aromatic nitrogens is 1. The van der Waals surface area contributed by atoms with Crippen molar-refractivity contribution in [1.82, 2.24) is 10.3 Å². The predicted molar refractivity (Wildman–Crippen MR) is 83.7 cm³/mol. The van der Waals surface area contributed by atoms with Crippen molar-refractivity contribution in [2.75, 3.05) is 13.2 Å². The first-order chi connectivity index (χ1) is 11.1. The lowest BCUT2D eigenvalue weighted by Crippen LogP contribution is -2.28. The fourth-order valence-corrected chi connectivity index (χ4v) is 3.28. The molecule has 1 aromatic carbocycles. The summed E-state index contributed by atoms with van der Waals surface area (Å²) < 4.78 is 18.4. The molecular formula is C16H17FN2O3S. The highest BCUT2D eigenvalue weighted by molar-refractivity contribution is 7.09. The first-order valence-electron chi connectivity index (χ1n) is 7.42. The minimum atomic E-state index is -0.893. The third-order valence-corrected chi connectivity index (χ3v) is 4.61. The molecule has 0 saturated carbocycles. The average Bonchev–Trinajstić information content (AvgIpc) is 3.23. The molecule has 7 heteroatoms. The third-order valence-electron chi connectivity index (χ3n) is 3.67. The van der Waals surface area contributed by atoms with Crippen LogP contribution in [0.4, 0.5) is 4.39 Å². The molecule has 5 nitrogen and oxygen atoms in total. The van der Waals surface area contributed by atoms with E-state index >= 15 is 0 Å². The molecule has 2 heterocycles. The lowest BCUT2D eigenvalue weighted by atomic mass is 10.1. The zero-order valence-electron chi connectivity index (χ0n) is 12.4. The Hall–Kier alpha value is -1.83. The number of carbonyl (C=O) groups excluding carboxylic acids is 1. The number of hydrogen-bond donors (Lipinski definition) is 2. The van der Waals surface area contributed by atoms with E-state index in [1.165, 1.54) is 35.6 Å². The number of amides is 1. The van der Waals surface area contributed by atoms with Crippen molar-refractivity contribution >= 4 is 17.2 Å². The van der Waals surface area contributed by atoms with Gasteiger partial charge in [-0.3, -0.25) is 4.79 Å². The van der Waals surface area contributed by atoms with Crippen molar-refractivity contribution in [3.05, 3.63) is 51.7 Å². The van der Waals surface area contributed by atoms with Gasteiger partial charge in [-0.2, -0.15) is 0 Å². The van der Waals surface area contributed by atoms with Crippen molar-refractivity contribution < 1.29 is 19.0 Å². The number of ether oxygens (including phenoxy) is 1. The van der Waals surface area contributed by atoms with Crippen molar-refractivity contribution in [3.8, 4) is 0 Å². The smallest absolute Gasteiger partial charge is 0.270 e. The number of benzene rings is 1. The summed E-state index contributed by atoms with van der Waals surface area (Å²) in [5.74, 6) is -0.708. The zero-order valence-corrected chi connectivity index (χ0v) is 13.2. The number of aliphatic hydroxyl groups excluding tert-OH is 1. The monoisotopic (exact) mass is 336 g/mol. The number of nitrogens with one attached hydrogen (secondary N) is 1. The van der Waals surface area contributed by atoms with Gasteiger partial charge in [0, 0.05) is 18.5 Å². The molecule has 0 aliphatic carbocycles. The van der Waals surface area contributed by atoms with Gasteiger partial charge in [-0.25, -0.2) is 9.37 Å². The Labute approximate surface area is 137 Å². The molecule has 3 rings (SSSR count). The largest absolute Gasteiger partial charge is 0.387 e. The summed E-state index contributed by atoms with van der Waals surface area (Å²) >= 11 is 1.41. The molecule has 23 heavy (non-hydrogen) atoms. The van der Waals surface area contributed by atoms with E-state index in [9.17, 15) is 14.3 Å². The maximum Gasteiger partial charge on any atom is 0.270 e. The molecule has 1 amide bonds. The van der Waals surface area contributed by atoms with Gasteiger partial charge in [0.2, 0.25) is 0 Å². The zero-order chi connectivity index (χ0) is 16.2. The highest BCUT2D eigenvalue weighted by Gasteiger charge is 2.22. The Balaban J connectivity index is 1.55. The lowest BCUT2D eigenvalue weighted by Gasteiger charge is -2.11. The number of nitrogens with zero attached hydrogens (tertiary/aromatic N) is 1. The summed E-state index contributed by atoms with van der Waals surface area (Å²) in [6, 6.07) is 5.53. The second kappa shape index (κ2) is 7.16. The van der Waals surface area contributed by atoms with Crippen LogP contribution in [0.15, 0.2) is 29.6 Å². The van der Waals surface area contributed by atoms with Gasteiger partial charge < -0.3 is 15.2 Å². The van der Waals surface area contributed by atoms with Crippen LogP contribution in [0, 0.1) is 5.82 Å². The SMILES string of the molecule is O=C(NCC(O)c1ccc(F)cc1)c1csc(C2CCCO2)n1. The molecule has 1 aliphatic rings. The number of aliphatic hydroxyl groups is 1. The van der Waals surface area contributed by atoms with Crippen LogP contribution in [0.25, 0.3) is 0 Å². The van der Waals surface area contributed by atoms with Crippen LogP contribution in [0.5, 0.6) is 0 Å². The van der Waals surface area contributed by atoms with Gasteiger partial charge in [-0.05, 0) is 30.5 Å². The van der Waals surface area contributed by atoms with E-state index in [0.717, 1.165) is 24.5 Å². The van der Waals surface area contributed by atoms with Gasteiger partial charge >= 0.3 is 0 Å². The van der Waals surface area contributed by atoms with Gasteiger partial charge in [0.1, 0.15) is 22.6 Å². The fraction of sp³-hybridized carbons (Fsp3) is 0.375. The Bertz CT molecular complexity index is 668. The van der Waals surface area contributed by atoms with E-state index in [-0.39, 0.29) is 24.4 Å². The van der Waals surface area contributed by atoms with Crippen LogP contribution >= 0.6 is 11.3 Å². The first kappa shape index (κ1) is 16.0. The maximum atomic E-state index is 12.8. The average molecular weight is 336 g/mol. The highest BCUT2D eigenvalue weighted by atomic mass is 32.1. The number of halogens is 1. The standard InChI is InChI=1S/C16H17FN2O3S/c17-11-5-3-10(4-6-11)13(20)8-18-15(21)12-9-23-16(19-12)14-2-1-7-22-14/h3-6,9,13-14,20H,1-2,7-8H2,(H,18,21). The number of rotatable bonds is 5. The normalized spacial score (nSPS) is 18.8. The van der Waals surface area contributed by atoms with Crippen molar-refractivity contribution in [2.45, 2.75) is 25.0 Å². The quantitative estimate of drug-likeness (QED) is 0.880. The fourth-order valence-electron chi connectivity index (χ4n) is 2.39. The van der Waals surface area contributed by atoms with Crippen LogP contribution in [0.2, 0.25) is 0 Å². The number of thiazole rings is 1. The Morgan fingerprint density at radius 3 is 2.96 bits per heavy atom. The van der Waals surface area contributed by atoms with Gasteiger partial charge in [-0.1, -0.05) is 12.1 Å². The van der Waals surface area contributed by atoms with Gasteiger partial charge in [0.25, 0.3) is 5.91 Å². The number of hydrogen-bond acceptors (Lipinski definition) is 5. The van der Waals surface area contributed by atoms with E-state index < -0.39 is 6.10 Å². The molecule has 1 aliphatic heterocycles. The molecule has 2 unspecified atom stereocenters. The second-order valence-corrected chi connectivity index (χ2v) is 6.24. The lowest BCUT2D eigenvalue weighted by molar-refractivity contribution is 0.0909. The molecule has 0 spiro atoms. The minimum absolute atomic E-state index is 0.00800. The van der Waals surface area contributed by atoms with E-state index in [4.69, 9.17) is 4.74 Å². The summed E-state index contributed by atoms with van der Waals surface area (Å²) in [5.41, 5.74) is 0.872. The number of carbonyl (C=O) groups is 1. The van der Waals surface area contributed by atoms with E-state index in [1.54, 1.807) is 5.38 Å². The van der Waals surface area contributed by atoms with Gasteiger partial charge in [-0.15, -0.1) is 11.3 Å². The van der Waals surface area contributed by atoms with E-state index in [1.807, 2.05) is 0 Å². The van der Waals surface area contributed by atoms with Crippen molar-refractivity contribution in [1.29, 1.82) is 0 Å². The summed E-state index contributed by atoms with van der Waals surface area (Å²) in [6.45, 7) is 0.771. The van der Waals surface area contributed by atoms with Crippen LogP contribution in [-0.4, -0.2) is 29.1 Å². The molecule has 0 radical (unpaired) electrons. The molecule has 0 bridgehead atoms. The van der Waals surface area contributed by atoms with Crippen molar-refractivity contribution in [2.24, 2.45) is 0 Å². The van der Waals surface area contributed by atoms with Crippen LogP contribution < -0.4 is 5.32 Å². The van der Waals surface area contributed by atoms with E-state index in [2.05, 4.69) is 10.3 Å². The summed E-state index contributed by atoms with van der Waals surface area (Å²) in [7, 11) is 0. The molecule has 1 saturated heterocycles. The van der Waals surface area contributed by atoms with E-state index in [0.29, 0.717) is 11.3 Å².